The van der Waals surface area contributed by atoms with Crippen LogP contribution in [0.15, 0.2) is 70.2 Å². The summed E-state index contributed by atoms with van der Waals surface area (Å²) in [5.41, 5.74) is 3.95. The summed E-state index contributed by atoms with van der Waals surface area (Å²) in [4.78, 5) is 24.6. The quantitative estimate of drug-likeness (QED) is 0.332. The van der Waals surface area contributed by atoms with Crippen molar-refractivity contribution in [1.82, 2.24) is 5.43 Å². The second kappa shape index (κ2) is 10.1. The number of hydrogen-bond acceptors (Lipinski definition) is 5. The van der Waals surface area contributed by atoms with Gasteiger partial charge in [-0.3, -0.25) is 9.59 Å². The predicted molar refractivity (Wildman–Crippen MR) is 123 cm³/mol. The molecule has 0 aromatic heterocycles. The number of ether oxygens (including phenoxy) is 1. The molecule has 31 heavy (non-hydrogen) atoms. The number of phenols is 1. The van der Waals surface area contributed by atoms with Crippen molar-refractivity contribution in [2.45, 2.75) is 0 Å². The van der Waals surface area contributed by atoms with E-state index in [9.17, 15) is 14.7 Å². The van der Waals surface area contributed by atoms with Crippen molar-refractivity contribution in [3.05, 3.63) is 86.8 Å². The van der Waals surface area contributed by atoms with Crippen molar-refractivity contribution in [1.29, 1.82) is 0 Å². The van der Waals surface area contributed by atoms with Crippen LogP contribution in [0.4, 0.5) is 5.69 Å². The van der Waals surface area contributed by atoms with Gasteiger partial charge in [-0.1, -0.05) is 39.7 Å². The van der Waals surface area contributed by atoms with Crippen LogP contribution in [-0.2, 0) is 0 Å². The van der Waals surface area contributed by atoms with Gasteiger partial charge in [-0.15, -0.1) is 0 Å². The molecule has 0 unspecified atom stereocenters. The molecule has 0 spiro atoms. The Labute approximate surface area is 191 Å². The van der Waals surface area contributed by atoms with E-state index in [0.717, 1.165) is 0 Å². The highest BCUT2D eigenvalue weighted by Gasteiger charge is 2.11. The lowest BCUT2D eigenvalue weighted by molar-refractivity contribution is 0.0954. The average molecular weight is 503 g/mol. The van der Waals surface area contributed by atoms with Gasteiger partial charge in [-0.25, -0.2) is 5.43 Å². The van der Waals surface area contributed by atoms with Gasteiger partial charge < -0.3 is 15.2 Å². The van der Waals surface area contributed by atoms with E-state index in [4.69, 9.17) is 16.3 Å². The molecule has 3 N–H and O–H groups in total. The highest BCUT2D eigenvalue weighted by atomic mass is 79.9. The summed E-state index contributed by atoms with van der Waals surface area (Å²) in [6.45, 7) is 0. The molecule has 0 fully saturated rings. The maximum absolute atomic E-state index is 12.3. The van der Waals surface area contributed by atoms with Crippen LogP contribution >= 0.6 is 27.5 Å². The number of rotatable bonds is 6. The third kappa shape index (κ3) is 5.62. The van der Waals surface area contributed by atoms with Crippen LogP contribution in [0.25, 0.3) is 0 Å². The fraction of sp³-hybridized carbons (Fsp3) is 0.0455. The van der Waals surface area contributed by atoms with Gasteiger partial charge in [0, 0.05) is 21.3 Å². The fourth-order valence-corrected chi connectivity index (χ4v) is 3.30. The van der Waals surface area contributed by atoms with Gasteiger partial charge >= 0.3 is 0 Å². The molecule has 0 saturated carbocycles. The van der Waals surface area contributed by atoms with E-state index in [2.05, 4.69) is 31.8 Å². The Hall–Kier alpha value is -3.36. The number of hydrogen-bond donors (Lipinski definition) is 3. The van der Waals surface area contributed by atoms with Crippen LogP contribution < -0.4 is 15.5 Å². The first-order valence-corrected chi connectivity index (χ1v) is 10.1. The first-order valence-electron chi connectivity index (χ1n) is 8.95. The van der Waals surface area contributed by atoms with Gasteiger partial charge in [-0.2, -0.15) is 5.10 Å². The number of halogens is 2. The van der Waals surface area contributed by atoms with Gasteiger partial charge in [-0.05, 0) is 48.5 Å². The van der Waals surface area contributed by atoms with E-state index in [-0.39, 0.29) is 17.4 Å². The number of aromatic hydroxyl groups is 1. The Morgan fingerprint density at radius 2 is 1.81 bits per heavy atom. The summed E-state index contributed by atoms with van der Waals surface area (Å²) >= 11 is 9.34. The number of methoxy groups -OCH3 is 1. The Kier molecular flexibility index (Phi) is 7.28. The number of phenolic OH excluding ortho intramolecular Hbond substituents is 1. The topological polar surface area (TPSA) is 100 Å². The van der Waals surface area contributed by atoms with Gasteiger partial charge in [0.05, 0.1) is 23.9 Å². The standard InChI is InChI=1S/C22H17BrClN3O4/c1-31-19-11-15(23)10-14(20(19)28)12-25-27-21(29)13-6-8-16(9-7-13)26-22(30)17-4-2-3-5-18(17)24/h2-12,28H,1H3,(H,26,30)(H,27,29)/b25-12+. The van der Waals surface area contributed by atoms with Crippen molar-refractivity contribution >= 4 is 51.2 Å². The zero-order valence-electron chi connectivity index (χ0n) is 16.2. The summed E-state index contributed by atoms with van der Waals surface area (Å²) in [7, 11) is 1.44. The van der Waals surface area contributed by atoms with Crippen LogP contribution in [0.3, 0.4) is 0 Å². The van der Waals surface area contributed by atoms with Crippen LogP contribution in [0.2, 0.25) is 5.02 Å². The molecule has 2 amide bonds. The summed E-state index contributed by atoms with van der Waals surface area (Å²) in [5.74, 6) is -0.628. The largest absolute Gasteiger partial charge is 0.504 e. The lowest BCUT2D eigenvalue weighted by Gasteiger charge is -2.08. The maximum atomic E-state index is 12.3. The third-order valence-corrected chi connectivity index (χ3v) is 4.97. The molecule has 3 aromatic carbocycles. The second-order valence-corrected chi connectivity index (χ2v) is 7.58. The van der Waals surface area contributed by atoms with Gasteiger partial charge in [0.2, 0.25) is 0 Å². The molecule has 0 radical (unpaired) electrons. The number of amides is 2. The van der Waals surface area contributed by atoms with Crippen LogP contribution in [0, 0.1) is 0 Å². The molecule has 158 valence electrons. The molecule has 0 aliphatic heterocycles. The zero-order valence-corrected chi connectivity index (χ0v) is 18.6. The van der Waals surface area contributed by atoms with E-state index >= 15 is 0 Å². The summed E-state index contributed by atoms with van der Waals surface area (Å²) in [6.07, 6.45) is 1.30. The maximum Gasteiger partial charge on any atom is 0.271 e. The van der Waals surface area contributed by atoms with Crippen molar-refractivity contribution < 1.29 is 19.4 Å². The SMILES string of the molecule is COc1cc(Br)cc(/C=N/NC(=O)c2ccc(NC(=O)c3ccccc3Cl)cc2)c1O. The molecular weight excluding hydrogens is 486 g/mol. The number of nitrogens with zero attached hydrogens (tertiary/aromatic N) is 1. The molecule has 3 rings (SSSR count). The van der Waals surface area contributed by atoms with Gasteiger partial charge in [0.15, 0.2) is 11.5 Å². The van der Waals surface area contributed by atoms with Gasteiger partial charge in [0.25, 0.3) is 11.8 Å². The number of hydrazone groups is 1. The molecule has 9 heteroatoms. The number of carbonyl (C=O) groups excluding carboxylic acids is 2. The molecule has 0 atom stereocenters. The first kappa shape index (κ1) is 22.3. The molecule has 7 nitrogen and oxygen atoms in total. The van der Waals surface area contributed by atoms with E-state index in [1.165, 1.54) is 13.3 Å². The molecule has 0 saturated heterocycles. The second-order valence-electron chi connectivity index (χ2n) is 6.26. The lowest BCUT2D eigenvalue weighted by atomic mass is 10.1. The molecule has 0 aliphatic carbocycles. The van der Waals surface area contributed by atoms with Crippen LogP contribution in [0.5, 0.6) is 11.5 Å². The van der Waals surface area contributed by atoms with Crippen molar-refractivity contribution in [3.8, 4) is 11.5 Å². The van der Waals surface area contributed by atoms with E-state index in [0.29, 0.717) is 31.9 Å². The normalized spacial score (nSPS) is 10.7. The molecule has 0 heterocycles. The van der Waals surface area contributed by atoms with Crippen molar-refractivity contribution in [2.75, 3.05) is 12.4 Å². The minimum absolute atomic E-state index is 0.0951. The van der Waals surface area contributed by atoms with E-state index in [1.807, 2.05) is 0 Å². The van der Waals surface area contributed by atoms with Crippen molar-refractivity contribution in [3.63, 3.8) is 0 Å². The smallest absolute Gasteiger partial charge is 0.271 e. The zero-order chi connectivity index (χ0) is 22.4. The van der Waals surface area contributed by atoms with E-state index in [1.54, 1.807) is 60.7 Å². The Morgan fingerprint density at radius 1 is 1.10 bits per heavy atom. The molecule has 3 aromatic rings. The number of benzene rings is 3. The minimum atomic E-state index is -0.457. The third-order valence-electron chi connectivity index (χ3n) is 4.18. The summed E-state index contributed by atoms with van der Waals surface area (Å²) < 4.78 is 5.75. The average Bonchev–Trinajstić information content (AvgIpc) is 2.76. The van der Waals surface area contributed by atoms with Crippen LogP contribution in [-0.4, -0.2) is 30.2 Å². The summed E-state index contributed by atoms with van der Waals surface area (Å²) in [6, 6.07) is 16.2. The monoisotopic (exact) mass is 501 g/mol. The first-order chi connectivity index (χ1) is 14.9. The predicted octanol–water partition coefficient (Wildman–Crippen LogP) is 4.83. The lowest BCUT2D eigenvalue weighted by Crippen LogP contribution is -2.18. The minimum Gasteiger partial charge on any atom is -0.504 e. The van der Waals surface area contributed by atoms with Gasteiger partial charge in [0.1, 0.15) is 0 Å². The highest BCUT2D eigenvalue weighted by Crippen LogP contribution is 2.32. The van der Waals surface area contributed by atoms with Crippen molar-refractivity contribution in [2.24, 2.45) is 5.10 Å². The van der Waals surface area contributed by atoms with E-state index < -0.39 is 5.91 Å². The Bertz CT molecular complexity index is 1150. The molecular formula is C22H17BrClN3O4. The molecule has 0 bridgehead atoms. The Balaban J connectivity index is 1.63. The number of nitrogens with one attached hydrogen (secondary N) is 2. The Morgan fingerprint density at radius 3 is 2.48 bits per heavy atom. The van der Waals surface area contributed by atoms with Crippen LogP contribution in [0.1, 0.15) is 26.3 Å². The number of carbonyl (C=O) groups is 2. The fourth-order valence-electron chi connectivity index (χ4n) is 2.62. The molecule has 0 aliphatic rings. The highest BCUT2D eigenvalue weighted by molar-refractivity contribution is 9.10. The summed E-state index contributed by atoms with van der Waals surface area (Å²) in [5, 5.41) is 17.0. The number of anilines is 1.